The maximum absolute atomic E-state index is 12.2. The van der Waals surface area contributed by atoms with Crippen molar-refractivity contribution in [2.45, 2.75) is 31.1 Å². The number of carbonyl (C=O) groups excluding carboxylic acids is 1. The first-order valence-electron chi connectivity index (χ1n) is 7.13. The molecule has 1 aromatic carbocycles. The molecule has 1 aliphatic carbocycles. The number of hydrogen-bond acceptors (Lipinski definition) is 2. The molecule has 1 amide bonds. The highest BCUT2D eigenvalue weighted by molar-refractivity contribution is 7.20. The highest BCUT2D eigenvalue weighted by Crippen LogP contribution is 2.28. The van der Waals surface area contributed by atoms with Crippen molar-refractivity contribution < 1.29 is 4.79 Å². The Morgan fingerprint density at radius 1 is 1.35 bits per heavy atom. The minimum atomic E-state index is 0.0443. The summed E-state index contributed by atoms with van der Waals surface area (Å²) < 4.78 is 1.16. The molecule has 1 aromatic heterocycles. The van der Waals surface area contributed by atoms with E-state index in [0.717, 1.165) is 34.3 Å². The summed E-state index contributed by atoms with van der Waals surface area (Å²) >= 11 is 7.74. The molecule has 2 aromatic rings. The van der Waals surface area contributed by atoms with Gasteiger partial charge in [-0.3, -0.25) is 4.79 Å². The SMILES string of the molecule is O=C(NCC1CCCC(Cl)C1)c1cc2ccccc2s1. The van der Waals surface area contributed by atoms with Gasteiger partial charge in [0, 0.05) is 16.6 Å². The van der Waals surface area contributed by atoms with Crippen LogP contribution in [0.15, 0.2) is 30.3 Å². The number of benzene rings is 1. The van der Waals surface area contributed by atoms with Crippen molar-refractivity contribution in [3.63, 3.8) is 0 Å². The molecule has 1 aliphatic rings. The number of halogens is 1. The van der Waals surface area contributed by atoms with Crippen molar-refractivity contribution in [2.75, 3.05) is 6.54 Å². The van der Waals surface area contributed by atoms with Crippen molar-refractivity contribution in [3.05, 3.63) is 35.2 Å². The number of carbonyl (C=O) groups is 1. The Labute approximate surface area is 128 Å². The van der Waals surface area contributed by atoms with Crippen LogP contribution >= 0.6 is 22.9 Å². The highest BCUT2D eigenvalue weighted by atomic mass is 35.5. The Kier molecular flexibility index (Phi) is 4.27. The van der Waals surface area contributed by atoms with Crippen molar-refractivity contribution in [1.29, 1.82) is 0 Å². The van der Waals surface area contributed by atoms with Crippen molar-refractivity contribution >= 4 is 38.9 Å². The summed E-state index contributed by atoms with van der Waals surface area (Å²) in [5.74, 6) is 0.576. The monoisotopic (exact) mass is 307 g/mol. The van der Waals surface area contributed by atoms with E-state index in [2.05, 4.69) is 11.4 Å². The van der Waals surface area contributed by atoms with E-state index >= 15 is 0 Å². The summed E-state index contributed by atoms with van der Waals surface area (Å²) in [6, 6.07) is 10.1. The molecule has 1 fully saturated rings. The maximum Gasteiger partial charge on any atom is 0.261 e. The average Bonchev–Trinajstić information content (AvgIpc) is 2.89. The van der Waals surface area contributed by atoms with Crippen LogP contribution in [0.5, 0.6) is 0 Å². The van der Waals surface area contributed by atoms with Crippen LogP contribution in [0.4, 0.5) is 0 Å². The lowest BCUT2D eigenvalue weighted by Crippen LogP contribution is -2.31. The third-order valence-corrected chi connectivity index (χ3v) is 5.43. The molecule has 20 heavy (non-hydrogen) atoms. The van der Waals surface area contributed by atoms with Crippen molar-refractivity contribution in [2.24, 2.45) is 5.92 Å². The molecular weight excluding hydrogens is 290 g/mol. The van der Waals surface area contributed by atoms with Gasteiger partial charge < -0.3 is 5.32 Å². The Bertz CT molecular complexity index is 576. The van der Waals surface area contributed by atoms with Crippen LogP contribution in [-0.4, -0.2) is 17.8 Å². The molecule has 3 rings (SSSR count). The zero-order chi connectivity index (χ0) is 13.9. The van der Waals surface area contributed by atoms with Crippen LogP contribution in [0.3, 0.4) is 0 Å². The highest BCUT2D eigenvalue weighted by Gasteiger charge is 2.21. The number of rotatable bonds is 3. The predicted molar refractivity (Wildman–Crippen MR) is 85.8 cm³/mol. The summed E-state index contributed by atoms with van der Waals surface area (Å²) in [4.78, 5) is 13.0. The van der Waals surface area contributed by atoms with E-state index < -0.39 is 0 Å². The lowest BCUT2D eigenvalue weighted by Gasteiger charge is -2.25. The van der Waals surface area contributed by atoms with E-state index in [4.69, 9.17) is 11.6 Å². The molecule has 1 N–H and O–H groups in total. The molecule has 0 spiro atoms. The van der Waals surface area contributed by atoms with E-state index in [1.165, 1.54) is 12.8 Å². The predicted octanol–water partition coefficient (Wildman–Crippen LogP) is 4.43. The van der Waals surface area contributed by atoms with E-state index in [1.54, 1.807) is 11.3 Å². The molecule has 1 heterocycles. The third kappa shape index (κ3) is 3.15. The van der Waals surface area contributed by atoms with Crippen molar-refractivity contribution in [1.82, 2.24) is 5.32 Å². The fourth-order valence-corrected chi connectivity index (χ4v) is 4.21. The molecule has 1 saturated carbocycles. The first-order valence-corrected chi connectivity index (χ1v) is 8.38. The summed E-state index contributed by atoms with van der Waals surface area (Å²) in [7, 11) is 0. The van der Waals surface area contributed by atoms with Gasteiger partial charge in [-0.15, -0.1) is 22.9 Å². The van der Waals surface area contributed by atoms with Crippen LogP contribution in [-0.2, 0) is 0 Å². The van der Waals surface area contributed by atoms with Gasteiger partial charge in [-0.05, 0) is 42.7 Å². The largest absolute Gasteiger partial charge is 0.351 e. The van der Waals surface area contributed by atoms with Crippen molar-refractivity contribution in [3.8, 4) is 0 Å². The molecule has 4 heteroatoms. The van der Waals surface area contributed by atoms with Gasteiger partial charge in [0.1, 0.15) is 0 Å². The van der Waals surface area contributed by atoms with E-state index in [1.807, 2.05) is 24.3 Å². The lowest BCUT2D eigenvalue weighted by molar-refractivity contribution is 0.0948. The number of nitrogens with one attached hydrogen (secondary N) is 1. The third-order valence-electron chi connectivity index (χ3n) is 3.92. The second-order valence-electron chi connectivity index (χ2n) is 5.49. The second-order valence-corrected chi connectivity index (χ2v) is 7.19. The number of amides is 1. The van der Waals surface area contributed by atoms with E-state index in [0.29, 0.717) is 5.92 Å². The van der Waals surface area contributed by atoms with Gasteiger partial charge in [-0.1, -0.05) is 24.6 Å². The molecule has 2 atom stereocenters. The summed E-state index contributed by atoms with van der Waals surface area (Å²) in [5.41, 5.74) is 0. The first kappa shape index (κ1) is 13.9. The Balaban J connectivity index is 1.61. The van der Waals surface area contributed by atoms with Gasteiger partial charge >= 0.3 is 0 Å². The van der Waals surface area contributed by atoms with Crippen LogP contribution in [0.2, 0.25) is 0 Å². The van der Waals surface area contributed by atoms with Gasteiger partial charge in [0.2, 0.25) is 0 Å². The maximum atomic E-state index is 12.2. The fourth-order valence-electron chi connectivity index (χ4n) is 2.83. The molecule has 0 radical (unpaired) electrons. The summed E-state index contributed by atoms with van der Waals surface area (Å²) in [6.07, 6.45) is 4.49. The number of hydrogen-bond donors (Lipinski definition) is 1. The Hall–Kier alpha value is -1.06. The molecule has 0 aliphatic heterocycles. The van der Waals surface area contributed by atoms with E-state index in [-0.39, 0.29) is 11.3 Å². The number of fused-ring (bicyclic) bond motifs is 1. The van der Waals surface area contributed by atoms with Crippen LogP contribution in [0, 0.1) is 5.92 Å². The topological polar surface area (TPSA) is 29.1 Å². The van der Waals surface area contributed by atoms with Crippen LogP contribution in [0.25, 0.3) is 10.1 Å². The molecule has 0 bridgehead atoms. The van der Waals surface area contributed by atoms with Gasteiger partial charge in [0.05, 0.1) is 4.88 Å². The van der Waals surface area contributed by atoms with Crippen LogP contribution in [0.1, 0.15) is 35.4 Å². The summed E-state index contributed by atoms with van der Waals surface area (Å²) in [5, 5.41) is 4.49. The Morgan fingerprint density at radius 3 is 3.00 bits per heavy atom. The molecule has 0 saturated heterocycles. The van der Waals surface area contributed by atoms with Crippen LogP contribution < -0.4 is 5.32 Å². The molecule has 2 unspecified atom stereocenters. The number of thiophene rings is 1. The van der Waals surface area contributed by atoms with Gasteiger partial charge in [0.25, 0.3) is 5.91 Å². The lowest BCUT2D eigenvalue weighted by atomic mass is 9.89. The average molecular weight is 308 g/mol. The van der Waals surface area contributed by atoms with Gasteiger partial charge in [0.15, 0.2) is 0 Å². The second kappa shape index (κ2) is 6.15. The zero-order valence-electron chi connectivity index (χ0n) is 11.3. The standard InChI is InChI=1S/C16H18ClNOS/c17-13-6-3-4-11(8-13)10-18-16(19)15-9-12-5-1-2-7-14(12)20-15/h1-2,5,7,9,11,13H,3-4,6,8,10H2,(H,18,19). The molecular formula is C16H18ClNOS. The fraction of sp³-hybridized carbons (Fsp3) is 0.438. The zero-order valence-corrected chi connectivity index (χ0v) is 12.8. The van der Waals surface area contributed by atoms with Gasteiger partial charge in [-0.25, -0.2) is 0 Å². The molecule has 2 nitrogen and oxygen atoms in total. The minimum absolute atomic E-state index is 0.0443. The number of alkyl halides is 1. The van der Waals surface area contributed by atoms with E-state index in [9.17, 15) is 4.79 Å². The first-order chi connectivity index (χ1) is 9.72. The Morgan fingerprint density at radius 2 is 2.20 bits per heavy atom. The normalized spacial score (nSPS) is 22.9. The minimum Gasteiger partial charge on any atom is -0.351 e. The smallest absolute Gasteiger partial charge is 0.261 e. The quantitative estimate of drug-likeness (QED) is 0.835. The molecule has 106 valence electrons. The van der Waals surface area contributed by atoms with Gasteiger partial charge in [-0.2, -0.15) is 0 Å². The summed E-state index contributed by atoms with van der Waals surface area (Å²) in [6.45, 7) is 0.746.